The number of rotatable bonds is 7. The van der Waals surface area contributed by atoms with Gasteiger partial charge in [-0.05, 0) is 54.4 Å². The summed E-state index contributed by atoms with van der Waals surface area (Å²) in [6.45, 7) is 0.881. The standard InChI is InChI=1S/C26H33N3O3/c1-29(17-18-7-3-2-4-8-18)26(32)24(28-25(31)23-15-22(30)16-27-23)14-19-11-12-20-9-5-6-10-21(20)13-19/h2-4,7-8,11-13,22-24,27,30H,5-6,9-10,14-17H2,1H3,(H,28,31)/t22-,23+,24+/m1/s1. The van der Waals surface area contributed by atoms with Crippen molar-refractivity contribution in [2.75, 3.05) is 13.6 Å². The number of aliphatic hydroxyl groups excluding tert-OH is 1. The van der Waals surface area contributed by atoms with E-state index in [4.69, 9.17) is 0 Å². The molecule has 2 aromatic carbocycles. The third-order valence-corrected chi connectivity index (χ3v) is 6.53. The molecular weight excluding hydrogens is 402 g/mol. The lowest BCUT2D eigenvalue weighted by atomic mass is 9.89. The number of benzene rings is 2. The Morgan fingerprint density at radius 3 is 2.56 bits per heavy atom. The number of likely N-dealkylation sites (N-methyl/N-ethyl adjacent to an activating group) is 1. The van der Waals surface area contributed by atoms with Crippen LogP contribution in [0, 0.1) is 0 Å². The Morgan fingerprint density at radius 1 is 1.09 bits per heavy atom. The van der Waals surface area contributed by atoms with E-state index in [2.05, 4.69) is 28.8 Å². The van der Waals surface area contributed by atoms with Gasteiger partial charge in [0.15, 0.2) is 0 Å². The number of β-amino-alcohol motifs (C(OH)–C–C–N with tert-alkyl or cyclic N) is 1. The lowest BCUT2D eigenvalue weighted by Gasteiger charge is -2.26. The summed E-state index contributed by atoms with van der Waals surface area (Å²) in [5, 5.41) is 15.8. The van der Waals surface area contributed by atoms with Crippen LogP contribution in [0.3, 0.4) is 0 Å². The van der Waals surface area contributed by atoms with Gasteiger partial charge in [-0.2, -0.15) is 0 Å². The summed E-state index contributed by atoms with van der Waals surface area (Å²) in [7, 11) is 1.78. The Morgan fingerprint density at radius 2 is 1.84 bits per heavy atom. The zero-order chi connectivity index (χ0) is 22.5. The maximum atomic E-state index is 13.4. The first-order valence-corrected chi connectivity index (χ1v) is 11.6. The van der Waals surface area contributed by atoms with Gasteiger partial charge in [0.2, 0.25) is 11.8 Å². The van der Waals surface area contributed by atoms with Crippen molar-refractivity contribution < 1.29 is 14.7 Å². The van der Waals surface area contributed by atoms with Crippen molar-refractivity contribution in [3.05, 3.63) is 70.8 Å². The molecule has 2 aliphatic rings. The second-order valence-electron chi connectivity index (χ2n) is 9.11. The topological polar surface area (TPSA) is 81.7 Å². The van der Waals surface area contributed by atoms with E-state index in [0.29, 0.717) is 25.9 Å². The molecule has 0 saturated carbocycles. The summed E-state index contributed by atoms with van der Waals surface area (Å²) < 4.78 is 0. The second kappa shape index (κ2) is 10.3. The van der Waals surface area contributed by atoms with Crippen molar-refractivity contribution in [1.29, 1.82) is 0 Å². The van der Waals surface area contributed by atoms with E-state index in [-0.39, 0.29) is 11.8 Å². The number of aliphatic hydroxyl groups is 1. The zero-order valence-corrected chi connectivity index (χ0v) is 18.7. The summed E-state index contributed by atoms with van der Waals surface area (Å²) in [5.41, 5.74) is 4.88. The van der Waals surface area contributed by atoms with Crippen LogP contribution in [-0.4, -0.2) is 53.6 Å². The molecule has 1 aliphatic heterocycles. The number of hydrogen-bond acceptors (Lipinski definition) is 4. The SMILES string of the molecule is CN(Cc1ccccc1)C(=O)[C@H](Cc1ccc2c(c1)CCCC2)NC(=O)[C@@H]1C[C@@H](O)CN1. The molecule has 1 saturated heterocycles. The average molecular weight is 436 g/mol. The average Bonchev–Trinajstić information content (AvgIpc) is 3.25. The van der Waals surface area contributed by atoms with E-state index in [1.54, 1.807) is 11.9 Å². The fourth-order valence-corrected chi connectivity index (χ4v) is 4.74. The van der Waals surface area contributed by atoms with E-state index in [9.17, 15) is 14.7 Å². The molecule has 0 radical (unpaired) electrons. The number of carbonyl (C=O) groups excluding carboxylic acids is 2. The summed E-state index contributed by atoms with van der Waals surface area (Å²) >= 11 is 0. The Hall–Kier alpha value is -2.70. The molecule has 32 heavy (non-hydrogen) atoms. The molecule has 1 heterocycles. The van der Waals surface area contributed by atoms with E-state index in [1.165, 1.54) is 24.0 Å². The molecule has 3 atom stereocenters. The van der Waals surface area contributed by atoms with Gasteiger partial charge in [0, 0.05) is 26.6 Å². The minimum absolute atomic E-state index is 0.113. The normalized spacial score (nSPS) is 20.9. The number of fused-ring (bicyclic) bond motifs is 1. The first kappa shape index (κ1) is 22.5. The van der Waals surface area contributed by atoms with Gasteiger partial charge in [-0.15, -0.1) is 0 Å². The second-order valence-corrected chi connectivity index (χ2v) is 9.11. The molecule has 170 valence electrons. The zero-order valence-electron chi connectivity index (χ0n) is 18.7. The predicted octanol–water partition coefficient (Wildman–Crippen LogP) is 1.97. The third-order valence-electron chi connectivity index (χ3n) is 6.53. The maximum Gasteiger partial charge on any atom is 0.245 e. The lowest BCUT2D eigenvalue weighted by molar-refractivity contribution is -0.136. The number of hydrogen-bond donors (Lipinski definition) is 3. The molecule has 0 spiro atoms. The van der Waals surface area contributed by atoms with Crippen LogP contribution < -0.4 is 10.6 Å². The Kier molecular flexibility index (Phi) is 7.22. The highest BCUT2D eigenvalue weighted by atomic mass is 16.3. The van der Waals surface area contributed by atoms with Crippen molar-refractivity contribution in [3.8, 4) is 0 Å². The molecule has 3 N–H and O–H groups in total. The first-order valence-electron chi connectivity index (χ1n) is 11.6. The molecule has 0 aromatic heterocycles. The highest BCUT2D eigenvalue weighted by Gasteiger charge is 2.32. The van der Waals surface area contributed by atoms with Crippen LogP contribution >= 0.6 is 0 Å². The maximum absolute atomic E-state index is 13.4. The molecule has 1 aliphatic carbocycles. The summed E-state index contributed by atoms with van der Waals surface area (Å²) in [4.78, 5) is 27.9. The lowest BCUT2D eigenvalue weighted by Crippen LogP contribution is -2.52. The van der Waals surface area contributed by atoms with Gasteiger partial charge in [-0.25, -0.2) is 0 Å². The summed E-state index contributed by atoms with van der Waals surface area (Å²) in [5.74, 6) is -0.343. The number of aryl methyl sites for hydroxylation is 2. The van der Waals surface area contributed by atoms with Gasteiger partial charge in [-0.1, -0.05) is 48.5 Å². The monoisotopic (exact) mass is 435 g/mol. The van der Waals surface area contributed by atoms with Crippen LogP contribution in [-0.2, 0) is 35.4 Å². The van der Waals surface area contributed by atoms with Crippen molar-refractivity contribution in [2.24, 2.45) is 0 Å². The number of nitrogens with zero attached hydrogens (tertiary/aromatic N) is 1. The van der Waals surface area contributed by atoms with Crippen LogP contribution in [0.25, 0.3) is 0 Å². The van der Waals surface area contributed by atoms with Gasteiger partial charge in [0.05, 0.1) is 12.1 Å². The van der Waals surface area contributed by atoms with Crippen molar-refractivity contribution in [2.45, 2.75) is 63.3 Å². The fourth-order valence-electron chi connectivity index (χ4n) is 4.74. The van der Waals surface area contributed by atoms with Crippen LogP contribution in [0.5, 0.6) is 0 Å². The largest absolute Gasteiger partial charge is 0.392 e. The molecule has 6 heteroatoms. The molecule has 4 rings (SSSR count). The van der Waals surface area contributed by atoms with E-state index in [0.717, 1.165) is 24.0 Å². The van der Waals surface area contributed by atoms with Gasteiger partial charge in [0.1, 0.15) is 6.04 Å². The smallest absolute Gasteiger partial charge is 0.245 e. The summed E-state index contributed by atoms with van der Waals surface area (Å²) in [6.07, 6.45) is 4.91. The van der Waals surface area contributed by atoms with Gasteiger partial charge >= 0.3 is 0 Å². The molecule has 0 unspecified atom stereocenters. The van der Waals surface area contributed by atoms with Crippen molar-refractivity contribution in [3.63, 3.8) is 0 Å². The fraction of sp³-hybridized carbons (Fsp3) is 0.462. The highest BCUT2D eigenvalue weighted by molar-refractivity contribution is 5.90. The molecule has 2 amide bonds. The van der Waals surface area contributed by atoms with Crippen LogP contribution in [0.2, 0.25) is 0 Å². The quantitative estimate of drug-likeness (QED) is 0.621. The molecular formula is C26H33N3O3. The Bertz CT molecular complexity index is 947. The summed E-state index contributed by atoms with van der Waals surface area (Å²) in [6, 6.07) is 15.2. The molecule has 2 aromatic rings. The van der Waals surface area contributed by atoms with Crippen LogP contribution in [0.4, 0.5) is 0 Å². The van der Waals surface area contributed by atoms with Gasteiger partial charge in [-0.3, -0.25) is 9.59 Å². The number of amides is 2. The van der Waals surface area contributed by atoms with Crippen LogP contribution in [0.1, 0.15) is 41.5 Å². The third kappa shape index (κ3) is 5.56. The first-order chi connectivity index (χ1) is 15.5. The van der Waals surface area contributed by atoms with Crippen molar-refractivity contribution in [1.82, 2.24) is 15.5 Å². The molecule has 6 nitrogen and oxygen atoms in total. The van der Waals surface area contributed by atoms with E-state index < -0.39 is 18.2 Å². The Labute approximate surface area is 190 Å². The number of nitrogens with one attached hydrogen (secondary N) is 2. The van der Waals surface area contributed by atoms with E-state index >= 15 is 0 Å². The minimum Gasteiger partial charge on any atom is -0.392 e. The minimum atomic E-state index is -0.655. The predicted molar refractivity (Wildman–Crippen MR) is 124 cm³/mol. The van der Waals surface area contributed by atoms with Crippen LogP contribution in [0.15, 0.2) is 48.5 Å². The molecule has 0 bridgehead atoms. The van der Waals surface area contributed by atoms with Gasteiger partial charge in [0.25, 0.3) is 0 Å². The van der Waals surface area contributed by atoms with Gasteiger partial charge < -0.3 is 20.6 Å². The molecule has 1 fully saturated rings. The Balaban J connectivity index is 1.50. The number of carbonyl (C=O) groups is 2. The van der Waals surface area contributed by atoms with E-state index in [1.807, 2.05) is 30.3 Å². The highest BCUT2D eigenvalue weighted by Crippen LogP contribution is 2.23. The van der Waals surface area contributed by atoms with Crippen molar-refractivity contribution >= 4 is 11.8 Å².